The fourth-order valence-electron chi connectivity index (χ4n) is 2.59. The summed E-state index contributed by atoms with van der Waals surface area (Å²) in [6.07, 6.45) is 3.91. The summed E-state index contributed by atoms with van der Waals surface area (Å²) in [7, 11) is -3.65. The van der Waals surface area contributed by atoms with Gasteiger partial charge in [0.15, 0.2) is 0 Å². The van der Waals surface area contributed by atoms with Crippen molar-refractivity contribution in [2.45, 2.75) is 43.5 Å². The van der Waals surface area contributed by atoms with Gasteiger partial charge in [-0.15, -0.1) is 0 Å². The Kier molecular flexibility index (Phi) is 6.20. The van der Waals surface area contributed by atoms with E-state index in [0.717, 1.165) is 51.0 Å². The first kappa shape index (κ1) is 17.7. The summed E-state index contributed by atoms with van der Waals surface area (Å²) in [6, 6.07) is 3.38. The van der Waals surface area contributed by atoms with Crippen molar-refractivity contribution in [3.8, 4) is 0 Å². The summed E-state index contributed by atoms with van der Waals surface area (Å²) in [5, 5.41) is -0.183. The van der Waals surface area contributed by atoms with Gasteiger partial charge in [-0.25, -0.2) is 17.5 Å². The van der Waals surface area contributed by atoms with Crippen molar-refractivity contribution in [2.24, 2.45) is 0 Å². The number of benzene rings is 1. The van der Waals surface area contributed by atoms with Gasteiger partial charge in [-0.3, -0.25) is 0 Å². The van der Waals surface area contributed by atoms with E-state index in [1.165, 1.54) is 12.5 Å². The van der Waals surface area contributed by atoms with Crippen molar-refractivity contribution in [3.63, 3.8) is 0 Å². The van der Waals surface area contributed by atoms with Gasteiger partial charge < -0.3 is 4.90 Å². The third kappa shape index (κ3) is 4.65. The number of sulfonamides is 1. The molecule has 1 aliphatic heterocycles. The number of nitrogens with one attached hydrogen (secondary N) is 1. The van der Waals surface area contributed by atoms with Gasteiger partial charge in [-0.2, -0.15) is 0 Å². The second-order valence-corrected chi connectivity index (χ2v) is 7.79. The molecule has 0 aromatic heterocycles. The minimum atomic E-state index is -3.65. The summed E-state index contributed by atoms with van der Waals surface area (Å²) in [5.41, 5.74) is 0. The van der Waals surface area contributed by atoms with Gasteiger partial charge in [-0.05, 0) is 57.1 Å². The number of piperidine rings is 1. The van der Waals surface area contributed by atoms with Crippen molar-refractivity contribution < 1.29 is 12.8 Å². The summed E-state index contributed by atoms with van der Waals surface area (Å²) in [4.78, 5) is 2.37. The number of likely N-dealkylation sites (tertiary alicyclic amines) is 1. The number of hydrogen-bond donors (Lipinski definition) is 1. The first-order valence-corrected chi connectivity index (χ1v) is 9.48. The molecule has 7 heteroatoms. The van der Waals surface area contributed by atoms with E-state index in [9.17, 15) is 12.8 Å². The molecular formula is C15H22ClFN2O2S. The first-order chi connectivity index (χ1) is 10.4. The highest BCUT2D eigenvalue weighted by atomic mass is 35.5. The first-order valence-electron chi connectivity index (χ1n) is 7.62. The Morgan fingerprint density at radius 2 is 2.05 bits per heavy atom. The lowest BCUT2D eigenvalue weighted by Gasteiger charge is -2.32. The van der Waals surface area contributed by atoms with Gasteiger partial charge in [0.05, 0.1) is 9.92 Å². The van der Waals surface area contributed by atoms with Crippen molar-refractivity contribution in [1.82, 2.24) is 9.62 Å². The number of rotatable bonds is 6. The minimum Gasteiger partial charge on any atom is -0.303 e. The minimum absolute atomic E-state index is 0.00677. The molecule has 2 rings (SSSR count). The number of hydrogen-bond acceptors (Lipinski definition) is 3. The van der Waals surface area contributed by atoms with Gasteiger partial charge in [-0.1, -0.05) is 24.9 Å². The average Bonchev–Trinajstić information content (AvgIpc) is 2.49. The molecule has 0 radical (unpaired) electrons. The molecule has 4 nitrogen and oxygen atoms in total. The lowest BCUT2D eigenvalue weighted by atomic mass is 10.1. The topological polar surface area (TPSA) is 49.4 Å². The molecular weight excluding hydrogens is 327 g/mol. The normalized spacial score (nSPS) is 17.8. The molecule has 1 aliphatic rings. The summed E-state index contributed by atoms with van der Waals surface area (Å²) >= 11 is 5.66. The highest BCUT2D eigenvalue weighted by Gasteiger charge is 2.24. The lowest BCUT2D eigenvalue weighted by molar-refractivity contribution is 0.205. The molecule has 0 aliphatic carbocycles. The van der Waals surface area contributed by atoms with Crippen LogP contribution in [0.2, 0.25) is 5.02 Å². The molecule has 0 saturated carbocycles. The molecule has 1 saturated heterocycles. The van der Waals surface area contributed by atoms with Crippen LogP contribution in [0, 0.1) is 5.82 Å². The number of nitrogens with zero attached hydrogens (tertiary/aromatic N) is 1. The molecule has 0 amide bonds. The van der Waals surface area contributed by atoms with E-state index in [0.29, 0.717) is 0 Å². The largest absolute Gasteiger partial charge is 0.303 e. The zero-order valence-corrected chi connectivity index (χ0v) is 14.3. The fourth-order valence-corrected chi connectivity index (χ4v) is 4.16. The summed E-state index contributed by atoms with van der Waals surface area (Å²) in [5.74, 6) is -0.621. The zero-order valence-electron chi connectivity index (χ0n) is 12.7. The van der Waals surface area contributed by atoms with E-state index in [1.54, 1.807) is 0 Å². The van der Waals surface area contributed by atoms with Crippen molar-refractivity contribution in [1.29, 1.82) is 0 Å². The monoisotopic (exact) mass is 348 g/mol. The molecule has 0 bridgehead atoms. The van der Waals surface area contributed by atoms with Gasteiger partial charge in [0, 0.05) is 6.04 Å². The molecule has 22 heavy (non-hydrogen) atoms. The Bertz CT molecular complexity index is 602. The number of halogens is 2. The van der Waals surface area contributed by atoms with Crippen LogP contribution in [0.15, 0.2) is 23.1 Å². The van der Waals surface area contributed by atoms with E-state index in [1.807, 2.05) is 0 Å². The maximum absolute atomic E-state index is 13.1. The van der Waals surface area contributed by atoms with E-state index in [4.69, 9.17) is 11.6 Å². The second kappa shape index (κ2) is 7.73. The Hall–Kier alpha value is -0.690. The molecule has 0 unspecified atom stereocenters. The Balaban J connectivity index is 1.94. The summed E-state index contributed by atoms with van der Waals surface area (Å²) in [6.45, 7) is 5.03. The van der Waals surface area contributed by atoms with E-state index < -0.39 is 15.8 Å². The Labute approximate surface area is 136 Å². The number of unbranched alkanes of at least 4 members (excludes halogenated alkanes) is 1. The van der Waals surface area contributed by atoms with Crippen LogP contribution in [0.1, 0.15) is 32.6 Å². The van der Waals surface area contributed by atoms with Gasteiger partial charge >= 0.3 is 0 Å². The fraction of sp³-hybridized carbons (Fsp3) is 0.600. The predicted molar refractivity (Wildman–Crippen MR) is 86.1 cm³/mol. The van der Waals surface area contributed by atoms with Crippen LogP contribution in [0.5, 0.6) is 0 Å². The Morgan fingerprint density at radius 3 is 2.64 bits per heavy atom. The van der Waals surface area contributed by atoms with E-state index >= 15 is 0 Å². The molecule has 1 fully saturated rings. The van der Waals surface area contributed by atoms with Crippen LogP contribution in [-0.4, -0.2) is 39.0 Å². The van der Waals surface area contributed by atoms with Crippen LogP contribution in [0.3, 0.4) is 0 Å². The standard InChI is InChI=1S/C15H22ClFN2O2S/c1-2-3-8-19-9-6-12(7-10-19)18-22(20,21)13-4-5-15(17)14(16)11-13/h4-5,11-12,18H,2-3,6-10H2,1H3. The second-order valence-electron chi connectivity index (χ2n) is 5.67. The smallest absolute Gasteiger partial charge is 0.240 e. The molecule has 1 heterocycles. The van der Waals surface area contributed by atoms with Gasteiger partial charge in [0.1, 0.15) is 5.82 Å². The quantitative estimate of drug-likeness (QED) is 0.859. The van der Waals surface area contributed by atoms with Crippen molar-refractivity contribution in [2.75, 3.05) is 19.6 Å². The molecule has 0 spiro atoms. The zero-order chi connectivity index (χ0) is 16.2. The molecule has 1 N–H and O–H groups in total. The van der Waals surface area contributed by atoms with Crippen LogP contribution >= 0.6 is 11.6 Å². The van der Waals surface area contributed by atoms with Gasteiger partial charge in [0.25, 0.3) is 0 Å². The maximum Gasteiger partial charge on any atom is 0.240 e. The molecule has 0 atom stereocenters. The van der Waals surface area contributed by atoms with E-state index in [-0.39, 0.29) is 16.0 Å². The SMILES string of the molecule is CCCCN1CCC(NS(=O)(=O)c2ccc(F)c(Cl)c2)CC1. The lowest BCUT2D eigenvalue weighted by Crippen LogP contribution is -2.44. The van der Waals surface area contributed by atoms with Gasteiger partial charge in [0.2, 0.25) is 10.0 Å². The molecule has 124 valence electrons. The van der Waals surface area contributed by atoms with Crippen LogP contribution in [0.4, 0.5) is 4.39 Å². The van der Waals surface area contributed by atoms with Crippen molar-refractivity contribution in [3.05, 3.63) is 29.0 Å². The summed E-state index contributed by atoms with van der Waals surface area (Å²) < 4.78 is 40.5. The predicted octanol–water partition coefficient (Wildman–Crippen LogP) is 3.02. The molecule has 1 aromatic rings. The van der Waals surface area contributed by atoms with Crippen LogP contribution in [0.25, 0.3) is 0 Å². The molecule has 1 aromatic carbocycles. The highest BCUT2D eigenvalue weighted by molar-refractivity contribution is 7.89. The van der Waals surface area contributed by atoms with E-state index in [2.05, 4.69) is 16.5 Å². The van der Waals surface area contributed by atoms with Crippen molar-refractivity contribution >= 4 is 21.6 Å². The third-order valence-electron chi connectivity index (χ3n) is 3.94. The maximum atomic E-state index is 13.1. The highest BCUT2D eigenvalue weighted by Crippen LogP contribution is 2.21. The Morgan fingerprint density at radius 1 is 1.36 bits per heavy atom. The third-order valence-corrected chi connectivity index (χ3v) is 5.75. The van der Waals surface area contributed by atoms with Crippen LogP contribution < -0.4 is 4.72 Å². The van der Waals surface area contributed by atoms with Crippen LogP contribution in [-0.2, 0) is 10.0 Å². The average molecular weight is 349 g/mol.